The Labute approximate surface area is 112 Å². The van der Waals surface area contributed by atoms with Crippen LogP contribution in [-0.4, -0.2) is 23.3 Å². The summed E-state index contributed by atoms with van der Waals surface area (Å²) in [6.45, 7) is 3.19. The molecule has 1 unspecified atom stereocenters. The van der Waals surface area contributed by atoms with Gasteiger partial charge in [-0.1, -0.05) is 30.3 Å². The van der Waals surface area contributed by atoms with E-state index in [4.69, 9.17) is 15.0 Å². The van der Waals surface area contributed by atoms with Gasteiger partial charge in [0.25, 0.3) is 0 Å². The van der Waals surface area contributed by atoms with Gasteiger partial charge >= 0.3 is 0 Å². The third-order valence-electron chi connectivity index (χ3n) is 2.84. The van der Waals surface area contributed by atoms with Gasteiger partial charge in [-0.2, -0.15) is 4.98 Å². The van der Waals surface area contributed by atoms with Crippen LogP contribution in [0.25, 0.3) is 0 Å². The van der Waals surface area contributed by atoms with Crippen LogP contribution in [0, 0.1) is 0 Å². The largest absolute Gasteiger partial charge is 0.493 e. The van der Waals surface area contributed by atoms with E-state index in [0.717, 1.165) is 12.2 Å². The molecule has 0 fully saturated rings. The van der Waals surface area contributed by atoms with Crippen LogP contribution in [0.1, 0.15) is 31.0 Å². The normalized spacial score (nSPS) is 12.3. The Bertz CT molecular complexity index is 484. The molecule has 1 atom stereocenters. The quantitative estimate of drug-likeness (QED) is 0.826. The number of hydrogen-bond acceptors (Lipinski definition) is 5. The molecule has 0 bridgehead atoms. The summed E-state index contributed by atoms with van der Waals surface area (Å²) in [5, 5.41) is 3.94. The lowest BCUT2D eigenvalue weighted by molar-refractivity contribution is 0.312. The van der Waals surface area contributed by atoms with Gasteiger partial charge in [0.2, 0.25) is 5.89 Å². The number of rotatable bonds is 7. The summed E-state index contributed by atoms with van der Waals surface area (Å²) in [6, 6.07) is 9.68. The second-order valence-corrected chi connectivity index (χ2v) is 4.44. The van der Waals surface area contributed by atoms with Crippen molar-refractivity contribution >= 4 is 0 Å². The highest BCUT2D eigenvalue weighted by atomic mass is 16.5. The molecule has 0 saturated carbocycles. The smallest absolute Gasteiger partial charge is 0.229 e. The number of para-hydroxylation sites is 1. The monoisotopic (exact) mass is 261 g/mol. The van der Waals surface area contributed by atoms with E-state index in [0.29, 0.717) is 31.3 Å². The van der Waals surface area contributed by atoms with Crippen molar-refractivity contribution in [1.29, 1.82) is 0 Å². The van der Waals surface area contributed by atoms with Gasteiger partial charge in [0.05, 0.1) is 6.61 Å². The molecule has 5 nitrogen and oxygen atoms in total. The maximum Gasteiger partial charge on any atom is 0.229 e. The predicted molar refractivity (Wildman–Crippen MR) is 72.0 cm³/mol. The fourth-order valence-electron chi connectivity index (χ4n) is 1.72. The van der Waals surface area contributed by atoms with Crippen molar-refractivity contribution in [1.82, 2.24) is 10.1 Å². The molecule has 0 aliphatic rings. The van der Waals surface area contributed by atoms with E-state index in [-0.39, 0.29) is 5.92 Å². The third kappa shape index (κ3) is 4.06. The first-order chi connectivity index (χ1) is 9.29. The highest BCUT2D eigenvalue weighted by Crippen LogP contribution is 2.16. The lowest BCUT2D eigenvalue weighted by Gasteiger charge is -2.03. The molecule has 1 aromatic carbocycles. The van der Waals surface area contributed by atoms with Crippen LogP contribution in [0.15, 0.2) is 34.9 Å². The Morgan fingerprint density at radius 2 is 2.11 bits per heavy atom. The minimum atomic E-state index is 0.210. The summed E-state index contributed by atoms with van der Waals surface area (Å²) in [4.78, 5) is 4.35. The summed E-state index contributed by atoms with van der Waals surface area (Å²) < 4.78 is 10.8. The van der Waals surface area contributed by atoms with E-state index in [1.807, 2.05) is 37.3 Å². The molecule has 0 radical (unpaired) electrons. The zero-order chi connectivity index (χ0) is 13.5. The zero-order valence-electron chi connectivity index (χ0n) is 11.1. The van der Waals surface area contributed by atoms with E-state index >= 15 is 0 Å². The first kappa shape index (κ1) is 13.5. The molecule has 0 aliphatic carbocycles. The fraction of sp³-hybridized carbons (Fsp3) is 0.429. The maximum absolute atomic E-state index is 5.59. The van der Waals surface area contributed by atoms with Crippen LogP contribution in [0.2, 0.25) is 0 Å². The Kier molecular flexibility index (Phi) is 4.92. The van der Waals surface area contributed by atoms with Gasteiger partial charge in [-0.25, -0.2) is 0 Å². The van der Waals surface area contributed by atoms with Gasteiger partial charge in [-0.15, -0.1) is 0 Å². The Hall–Kier alpha value is -1.88. The third-order valence-corrected chi connectivity index (χ3v) is 2.84. The second-order valence-electron chi connectivity index (χ2n) is 4.44. The zero-order valence-corrected chi connectivity index (χ0v) is 11.1. The van der Waals surface area contributed by atoms with Crippen molar-refractivity contribution in [3.8, 4) is 5.75 Å². The number of nitrogens with two attached hydrogens (primary N) is 1. The van der Waals surface area contributed by atoms with E-state index in [9.17, 15) is 0 Å². The summed E-state index contributed by atoms with van der Waals surface area (Å²) >= 11 is 0. The number of hydrogen-bond donors (Lipinski definition) is 1. The SMILES string of the molecule is CC(CCN)c1nc(CCOc2ccccc2)no1. The molecular formula is C14H19N3O2. The Morgan fingerprint density at radius 3 is 2.84 bits per heavy atom. The average Bonchev–Trinajstić information content (AvgIpc) is 2.89. The van der Waals surface area contributed by atoms with E-state index in [1.54, 1.807) is 0 Å². The van der Waals surface area contributed by atoms with Crippen molar-refractivity contribution in [2.75, 3.05) is 13.2 Å². The van der Waals surface area contributed by atoms with E-state index in [2.05, 4.69) is 10.1 Å². The van der Waals surface area contributed by atoms with Gasteiger partial charge in [-0.05, 0) is 25.1 Å². The van der Waals surface area contributed by atoms with Crippen molar-refractivity contribution in [2.45, 2.75) is 25.7 Å². The number of aromatic nitrogens is 2. The number of ether oxygens (including phenoxy) is 1. The van der Waals surface area contributed by atoms with Gasteiger partial charge in [0, 0.05) is 12.3 Å². The predicted octanol–water partition coefficient (Wildman–Crippen LogP) is 2.14. The highest BCUT2D eigenvalue weighted by molar-refractivity contribution is 5.20. The van der Waals surface area contributed by atoms with Crippen LogP contribution in [0.5, 0.6) is 5.75 Å². The van der Waals surface area contributed by atoms with E-state index < -0.39 is 0 Å². The van der Waals surface area contributed by atoms with Gasteiger partial charge in [0.15, 0.2) is 5.82 Å². The lowest BCUT2D eigenvalue weighted by atomic mass is 10.1. The molecular weight excluding hydrogens is 242 g/mol. The second kappa shape index (κ2) is 6.89. The first-order valence-electron chi connectivity index (χ1n) is 6.50. The standard InChI is InChI=1S/C14H19N3O2/c1-11(7-9-15)14-16-13(17-19-14)8-10-18-12-5-3-2-4-6-12/h2-6,11H,7-10,15H2,1H3. The minimum absolute atomic E-state index is 0.210. The molecule has 0 spiro atoms. The molecule has 2 N–H and O–H groups in total. The highest BCUT2D eigenvalue weighted by Gasteiger charge is 2.13. The van der Waals surface area contributed by atoms with Gasteiger partial charge in [0.1, 0.15) is 5.75 Å². The summed E-state index contributed by atoms with van der Waals surface area (Å²) in [5.74, 6) is 2.39. The molecule has 2 rings (SSSR count). The lowest BCUT2D eigenvalue weighted by Crippen LogP contribution is -2.05. The van der Waals surface area contributed by atoms with Crippen LogP contribution < -0.4 is 10.5 Å². The molecule has 1 heterocycles. The Balaban J connectivity index is 1.80. The minimum Gasteiger partial charge on any atom is -0.493 e. The summed E-state index contributed by atoms with van der Waals surface area (Å²) in [7, 11) is 0. The molecule has 0 saturated heterocycles. The molecule has 0 aliphatic heterocycles. The number of benzene rings is 1. The average molecular weight is 261 g/mol. The Morgan fingerprint density at radius 1 is 1.32 bits per heavy atom. The van der Waals surface area contributed by atoms with Crippen molar-refractivity contribution in [3.05, 3.63) is 42.0 Å². The molecule has 2 aromatic rings. The molecule has 0 amide bonds. The first-order valence-corrected chi connectivity index (χ1v) is 6.50. The molecule has 19 heavy (non-hydrogen) atoms. The fourth-order valence-corrected chi connectivity index (χ4v) is 1.72. The van der Waals surface area contributed by atoms with Crippen molar-refractivity contribution in [3.63, 3.8) is 0 Å². The van der Waals surface area contributed by atoms with Gasteiger partial charge < -0.3 is 15.0 Å². The van der Waals surface area contributed by atoms with Gasteiger partial charge in [-0.3, -0.25) is 0 Å². The van der Waals surface area contributed by atoms with Crippen LogP contribution in [0.3, 0.4) is 0 Å². The van der Waals surface area contributed by atoms with Crippen LogP contribution in [-0.2, 0) is 6.42 Å². The summed E-state index contributed by atoms with van der Waals surface area (Å²) in [6.07, 6.45) is 1.48. The van der Waals surface area contributed by atoms with Crippen LogP contribution >= 0.6 is 0 Å². The van der Waals surface area contributed by atoms with Crippen LogP contribution in [0.4, 0.5) is 0 Å². The topological polar surface area (TPSA) is 74.2 Å². The molecule has 1 aromatic heterocycles. The maximum atomic E-state index is 5.59. The van der Waals surface area contributed by atoms with Crippen molar-refractivity contribution < 1.29 is 9.26 Å². The molecule has 102 valence electrons. The number of nitrogens with zero attached hydrogens (tertiary/aromatic N) is 2. The summed E-state index contributed by atoms with van der Waals surface area (Å²) in [5.41, 5.74) is 5.51. The van der Waals surface area contributed by atoms with E-state index in [1.165, 1.54) is 0 Å². The molecule has 5 heteroatoms. The van der Waals surface area contributed by atoms with Crippen molar-refractivity contribution in [2.24, 2.45) is 5.73 Å².